The van der Waals surface area contributed by atoms with E-state index in [0.717, 1.165) is 31.7 Å². The highest BCUT2D eigenvalue weighted by Crippen LogP contribution is 2.35. The van der Waals surface area contributed by atoms with E-state index >= 15 is 0 Å². The molecule has 0 radical (unpaired) electrons. The Hall–Kier alpha value is -0.280. The molecular formula is C16H29ClN2O. The molecule has 0 aromatic rings. The van der Waals surface area contributed by atoms with Crippen LogP contribution in [0.15, 0.2) is 0 Å². The summed E-state index contributed by atoms with van der Waals surface area (Å²) in [6.45, 7) is 1.04. The van der Waals surface area contributed by atoms with Crippen LogP contribution in [0.25, 0.3) is 0 Å². The number of carbonyl (C=O) groups excluding carboxylic acids is 1. The number of rotatable bonds is 4. The van der Waals surface area contributed by atoms with Gasteiger partial charge < -0.3 is 10.6 Å². The van der Waals surface area contributed by atoms with Crippen molar-refractivity contribution in [3.63, 3.8) is 0 Å². The number of nitrogens with zero attached hydrogens (tertiary/aromatic N) is 1. The molecule has 2 N–H and O–H groups in total. The molecule has 0 heterocycles. The third-order valence-corrected chi connectivity index (χ3v) is 5.27. The number of carbonyl (C=O) groups is 1. The van der Waals surface area contributed by atoms with Crippen LogP contribution in [0.5, 0.6) is 0 Å². The van der Waals surface area contributed by atoms with Gasteiger partial charge in [-0.3, -0.25) is 4.79 Å². The third kappa shape index (κ3) is 3.88. The van der Waals surface area contributed by atoms with Crippen molar-refractivity contribution in [2.24, 2.45) is 17.6 Å². The van der Waals surface area contributed by atoms with E-state index in [0.29, 0.717) is 11.9 Å². The van der Waals surface area contributed by atoms with Crippen molar-refractivity contribution < 1.29 is 4.79 Å². The molecule has 0 aromatic carbocycles. The summed E-state index contributed by atoms with van der Waals surface area (Å²) in [4.78, 5) is 15.0. The lowest BCUT2D eigenvalue weighted by Crippen LogP contribution is -2.41. The Morgan fingerprint density at radius 3 is 2.25 bits per heavy atom. The first-order valence-corrected chi connectivity index (χ1v) is 8.30. The molecule has 3 fully saturated rings. The summed E-state index contributed by atoms with van der Waals surface area (Å²) < 4.78 is 0. The Kier molecular flexibility index (Phi) is 5.74. The lowest BCUT2D eigenvalue weighted by atomic mass is 9.88. The van der Waals surface area contributed by atoms with Gasteiger partial charge in [0.15, 0.2) is 0 Å². The quantitative estimate of drug-likeness (QED) is 0.867. The monoisotopic (exact) mass is 300 g/mol. The highest BCUT2D eigenvalue weighted by molar-refractivity contribution is 5.85. The largest absolute Gasteiger partial charge is 0.339 e. The average Bonchev–Trinajstić information content (AvgIpc) is 3.18. The molecule has 0 saturated heterocycles. The minimum Gasteiger partial charge on any atom is -0.339 e. The predicted octanol–water partition coefficient (Wildman–Crippen LogP) is 3.11. The second kappa shape index (κ2) is 7.13. The number of amides is 1. The van der Waals surface area contributed by atoms with Crippen LogP contribution in [-0.4, -0.2) is 29.4 Å². The summed E-state index contributed by atoms with van der Waals surface area (Å²) in [6.07, 6.45) is 12.2. The summed E-state index contributed by atoms with van der Waals surface area (Å²) in [6, 6.07) is 0.843. The van der Waals surface area contributed by atoms with Crippen molar-refractivity contribution in [3.8, 4) is 0 Å². The van der Waals surface area contributed by atoms with Crippen LogP contribution in [0, 0.1) is 11.8 Å². The molecule has 4 heteroatoms. The zero-order valence-corrected chi connectivity index (χ0v) is 13.2. The molecule has 1 amide bonds. The third-order valence-electron chi connectivity index (χ3n) is 5.27. The van der Waals surface area contributed by atoms with Crippen molar-refractivity contribution >= 4 is 18.3 Å². The fourth-order valence-corrected chi connectivity index (χ4v) is 3.93. The fraction of sp³-hybridized carbons (Fsp3) is 0.938. The van der Waals surface area contributed by atoms with Gasteiger partial charge in [0.2, 0.25) is 5.91 Å². The molecular weight excluding hydrogens is 272 g/mol. The van der Waals surface area contributed by atoms with Crippen LogP contribution in [0.4, 0.5) is 0 Å². The van der Waals surface area contributed by atoms with E-state index in [1.807, 2.05) is 0 Å². The molecule has 3 rings (SSSR count). The molecule has 3 saturated carbocycles. The molecule has 20 heavy (non-hydrogen) atoms. The van der Waals surface area contributed by atoms with Gasteiger partial charge in [-0.25, -0.2) is 0 Å². The molecule has 3 aliphatic rings. The molecule has 2 atom stereocenters. The van der Waals surface area contributed by atoms with E-state index in [2.05, 4.69) is 4.90 Å². The van der Waals surface area contributed by atoms with E-state index in [-0.39, 0.29) is 24.4 Å². The van der Waals surface area contributed by atoms with E-state index in [4.69, 9.17) is 5.73 Å². The average molecular weight is 301 g/mol. The SMILES string of the molecule is Cl.NC1CCC(C(=O)N(CC2CCCCC2)C2CC2)C1. The van der Waals surface area contributed by atoms with Crippen LogP contribution < -0.4 is 5.73 Å². The van der Waals surface area contributed by atoms with E-state index < -0.39 is 0 Å². The second-order valence-electron chi connectivity index (χ2n) is 7.00. The summed E-state index contributed by atoms with van der Waals surface area (Å²) in [7, 11) is 0. The van der Waals surface area contributed by atoms with Gasteiger partial charge in [-0.1, -0.05) is 19.3 Å². The summed E-state index contributed by atoms with van der Waals surface area (Å²) >= 11 is 0. The maximum absolute atomic E-state index is 12.7. The minimum absolute atomic E-state index is 0. The van der Waals surface area contributed by atoms with Crippen molar-refractivity contribution in [2.45, 2.75) is 76.3 Å². The normalized spacial score (nSPS) is 30.9. The van der Waals surface area contributed by atoms with Crippen molar-refractivity contribution in [2.75, 3.05) is 6.54 Å². The first kappa shape index (κ1) is 16.1. The standard InChI is InChI=1S/C16H28N2O.ClH/c17-14-7-6-13(10-14)16(19)18(15-8-9-15)11-12-4-2-1-3-5-12;/h12-15H,1-11,17H2;1H. The number of nitrogens with two attached hydrogens (primary N) is 1. The fourth-order valence-electron chi connectivity index (χ4n) is 3.93. The first-order valence-electron chi connectivity index (χ1n) is 8.30. The smallest absolute Gasteiger partial charge is 0.225 e. The van der Waals surface area contributed by atoms with Gasteiger partial charge >= 0.3 is 0 Å². The maximum atomic E-state index is 12.7. The number of hydrogen-bond acceptors (Lipinski definition) is 2. The maximum Gasteiger partial charge on any atom is 0.225 e. The lowest BCUT2D eigenvalue weighted by molar-refractivity contribution is -0.136. The van der Waals surface area contributed by atoms with Gasteiger partial charge in [-0.2, -0.15) is 0 Å². The Morgan fingerprint density at radius 2 is 1.70 bits per heavy atom. The topological polar surface area (TPSA) is 46.3 Å². The van der Waals surface area contributed by atoms with Crippen LogP contribution in [-0.2, 0) is 4.79 Å². The summed E-state index contributed by atoms with van der Waals surface area (Å²) in [5.41, 5.74) is 5.97. The van der Waals surface area contributed by atoms with Gasteiger partial charge in [-0.05, 0) is 50.9 Å². The predicted molar refractivity (Wildman–Crippen MR) is 83.9 cm³/mol. The van der Waals surface area contributed by atoms with Crippen LogP contribution >= 0.6 is 12.4 Å². The molecule has 116 valence electrons. The van der Waals surface area contributed by atoms with Crippen molar-refractivity contribution in [3.05, 3.63) is 0 Å². The Balaban J connectivity index is 0.00000147. The molecule has 0 bridgehead atoms. The molecule has 0 spiro atoms. The number of halogens is 1. The molecule has 0 aromatic heterocycles. The molecule has 0 aliphatic heterocycles. The minimum atomic E-state index is 0. The van der Waals surface area contributed by atoms with Gasteiger partial charge in [0.1, 0.15) is 0 Å². The molecule has 3 nitrogen and oxygen atoms in total. The van der Waals surface area contributed by atoms with Crippen LogP contribution in [0.2, 0.25) is 0 Å². The summed E-state index contributed by atoms with van der Waals surface area (Å²) in [5.74, 6) is 1.44. The second-order valence-corrected chi connectivity index (χ2v) is 7.00. The van der Waals surface area contributed by atoms with Gasteiger partial charge in [0.05, 0.1) is 0 Å². The van der Waals surface area contributed by atoms with E-state index in [1.54, 1.807) is 0 Å². The Bertz CT molecular complexity index is 326. The Labute approximate surface area is 129 Å². The van der Waals surface area contributed by atoms with Crippen LogP contribution in [0.1, 0.15) is 64.2 Å². The van der Waals surface area contributed by atoms with Crippen molar-refractivity contribution in [1.29, 1.82) is 0 Å². The first-order chi connectivity index (χ1) is 9.24. The molecule has 2 unspecified atom stereocenters. The van der Waals surface area contributed by atoms with E-state index in [9.17, 15) is 4.79 Å². The van der Waals surface area contributed by atoms with E-state index in [1.165, 1.54) is 44.9 Å². The Morgan fingerprint density at radius 1 is 1.00 bits per heavy atom. The highest BCUT2D eigenvalue weighted by atomic mass is 35.5. The lowest BCUT2D eigenvalue weighted by Gasteiger charge is -2.31. The molecule has 3 aliphatic carbocycles. The summed E-state index contributed by atoms with van der Waals surface area (Å²) in [5, 5.41) is 0. The van der Waals surface area contributed by atoms with Crippen molar-refractivity contribution in [1.82, 2.24) is 4.90 Å². The highest BCUT2D eigenvalue weighted by Gasteiger charge is 2.38. The van der Waals surface area contributed by atoms with Gasteiger partial charge in [0, 0.05) is 24.5 Å². The number of hydrogen-bond donors (Lipinski definition) is 1. The zero-order valence-electron chi connectivity index (χ0n) is 12.4. The van der Waals surface area contributed by atoms with Crippen LogP contribution in [0.3, 0.4) is 0 Å². The van der Waals surface area contributed by atoms with Gasteiger partial charge in [-0.15, -0.1) is 12.4 Å². The van der Waals surface area contributed by atoms with Gasteiger partial charge in [0.25, 0.3) is 0 Å². The zero-order chi connectivity index (χ0) is 13.2.